The molecular formula is C27H33O6P. The van der Waals surface area contributed by atoms with Gasteiger partial charge in [-0.25, -0.2) is 0 Å². The fourth-order valence-corrected chi connectivity index (χ4v) is 6.84. The predicted molar refractivity (Wildman–Crippen MR) is 139 cm³/mol. The van der Waals surface area contributed by atoms with Crippen LogP contribution in [0.4, 0.5) is 0 Å². The first-order chi connectivity index (χ1) is 16.4. The average molecular weight is 485 g/mol. The van der Waals surface area contributed by atoms with Gasteiger partial charge in [-0.1, -0.05) is 12.1 Å². The van der Waals surface area contributed by atoms with Crippen molar-refractivity contribution < 1.29 is 28.4 Å². The first-order valence-corrected chi connectivity index (χ1v) is 12.2. The molecule has 0 heterocycles. The van der Waals surface area contributed by atoms with Crippen molar-refractivity contribution in [3.05, 3.63) is 53.1 Å². The quantitative estimate of drug-likeness (QED) is 0.419. The third-order valence-electron chi connectivity index (χ3n) is 6.12. The van der Waals surface area contributed by atoms with Crippen LogP contribution < -0.4 is 44.3 Å². The van der Waals surface area contributed by atoms with Gasteiger partial charge in [0.1, 0.15) is 0 Å². The molecule has 0 saturated heterocycles. The molecule has 7 heteroatoms. The second-order valence-corrected chi connectivity index (χ2v) is 9.81. The van der Waals surface area contributed by atoms with Gasteiger partial charge >= 0.3 is 0 Å². The van der Waals surface area contributed by atoms with Gasteiger partial charge in [-0.3, -0.25) is 0 Å². The van der Waals surface area contributed by atoms with Crippen LogP contribution in [0.15, 0.2) is 36.4 Å². The number of methoxy groups -OCH3 is 6. The molecule has 182 valence electrons. The maximum atomic E-state index is 5.92. The van der Waals surface area contributed by atoms with Gasteiger partial charge in [0.15, 0.2) is 23.0 Å². The Bertz CT molecular complexity index is 1110. The van der Waals surface area contributed by atoms with Gasteiger partial charge in [0.2, 0.25) is 11.5 Å². The number of ether oxygens (including phenoxy) is 6. The van der Waals surface area contributed by atoms with E-state index < -0.39 is 7.92 Å². The topological polar surface area (TPSA) is 55.4 Å². The van der Waals surface area contributed by atoms with Crippen LogP contribution in [0.5, 0.6) is 34.5 Å². The minimum atomic E-state index is -1.15. The van der Waals surface area contributed by atoms with Crippen molar-refractivity contribution in [3.8, 4) is 34.5 Å². The second-order valence-electron chi connectivity index (χ2n) is 7.69. The molecule has 6 nitrogen and oxygen atoms in total. The summed E-state index contributed by atoms with van der Waals surface area (Å²) >= 11 is 0. The summed E-state index contributed by atoms with van der Waals surface area (Å²) in [6.07, 6.45) is 0. The van der Waals surface area contributed by atoms with E-state index in [0.29, 0.717) is 34.5 Å². The van der Waals surface area contributed by atoms with Gasteiger partial charge < -0.3 is 28.4 Å². The SMILES string of the molecule is COc1ccc(P(c2ccc(C)c(C)c2C)c2ccc(OC)c(OC)c2OC)c(OC)c1OC. The van der Waals surface area contributed by atoms with Gasteiger partial charge in [-0.2, -0.15) is 0 Å². The molecule has 0 fully saturated rings. The van der Waals surface area contributed by atoms with Crippen LogP contribution in [0.25, 0.3) is 0 Å². The zero-order chi connectivity index (χ0) is 25.0. The Morgan fingerprint density at radius 3 is 1.24 bits per heavy atom. The lowest BCUT2D eigenvalue weighted by Gasteiger charge is -2.28. The lowest BCUT2D eigenvalue weighted by molar-refractivity contribution is 0.325. The van der Waals surface area contributed by atoms with E-state index in [2.05, 4.69) is 32.9 Å². The summed E-state index contributed by atoms with van der Waals surface area (Å²) in [6.45, 7) is 6.44. The highest BCUT2D eigenvalue weighted by molar-refractivity contribution is 7.80. The first-order valence-electron chi connectivity index (χ1n) is 10.8. The summed E-state index contributed by atoms with van der Waals surface area (Å²) in [6, 6.07) is 12.3. The standard InChI is InChI=1S/C27H33O6P/c1-16-10-13-21(18(3)17(16)2)34(22-14-11-19(28-4)24(30-6)26(22)32-8)23-15-12-20(29-5)25(31-7)27(23)33-9/h10-15H,1-9H3. The normalized spacial score (nSPS) is 10.8. The van der Waals surface area contributed by atoms with Crippen molar-refractivity contribution in [3.63, 3.8) is 0 Å². The van der Waals surface area contributed by atoms with Crippen molar-refractivity contribution >= 4 is 23.8 Å². The van der Waals surface area contributed by atoms with Gasteiger partial charge in [0.05, 0.1) is 42.7 Å². The highest BCUT2D eigenvalue weighted by atomic mass is 31.1. The number of rotatable bonds is 9. The molecule has 0 saturated carbocycles. The maximum absolute atomic E-state index is 5.92. The molecule has 3 rings (SSSR count). The molecule has 0 atom stereocenters. The fraction of sp³-hybridized carbons (Fsp3) is 0.333. The van der Waals surface area contributed by atoms with E-state index in [1.165, 1.54) is 22.0 Å². The van der Waals surface area contributed by atoms with Crippen molar-refractivity contribution in [2.75, 3.05) is 42.7 Å². The molecule has 0 bridgehead atoms. The van der Waals surface area contributed by atoms with E-state index in [1.807, 2.05) is 24.3 Å². The zero-order valence-corrected chi connectivity index (χ0v) is 22.3. The second kappa shape index (κ2) is 10.9. The Morgan fingerprint density at radius 2 is 0.853 bits per heavy atom. The summed E-state index contributed by atoms with van der Waals surface area (Å²) in [4.78, 5) is 0. The van der Waals surface area contributed by atoms with Gasteiger partial charge in [0.25, 0.3) is 0 Å². The smallest absolute Gasteiger partial charge is 0.203 e. The Morgan fingerprint density at radius 1 is 0.441 bits per heavy atom. The lowest BCUT2D eigenvalue weighted by atomic mass is 10.1. The van der Waals surface area contributed by atoms with Crippen molar-refractivity contribution in [1.82, 2.24) is 0 Å². The Labute approximate surface area is 203 Å². The van der Waals surface area contributed by atoms with E-state index in [0.717, 1.165) is 10.6 Å². The summed E-state index contributed by atoms with van der Waals surface area (Å²) in [5, 5.41) is 3.15. The van der Waals surface area contributed by atoms with E-state index in [1.54, 1.807) is 42.7 Å². The average Bonchev–Trinajstić information content (AvgIpc) is 2.87. The minimum Gasteiger partial charge on any atom is -0.493 e. The molecule has 3 aromatic carbocycles. The van der Waals surface area contributed by atoms with Crippen LogP contribution in [0.3, 0.4) is 0 Å². The molecule has 0 aliphatic rings. The minimum absolute atomic E-state index is 0.552. The highest BCUT2D eigenvalue weighted by Crippen LogP contribution is 2.49. The summed E-state index contributed by atoms with van der Waals surface area (Å²) < 4.78 is 34.3. The number of benzene rings is 3. The van der Waals surface area contributed by atoms with Gasteiger partial charge in [-0.05, 0) is 75.0 Å². The van der Waals surface area contributed by atoms with E-state index in [9.17, 15) is 0 Å². The van der Waals surface area contributed by atoms with Gasteiger partial charge in [0, 0.05) is 10.6 Å². The molecule has 34 heavy (non-hydrogen) atoms. The Hall–Kier alpha value is -3.11. The third kappa shape index (κ3) is 4.35. The zero-order valence-electron chi connectivity index (χ0n) is 21.4. The fourth-order valence-electron chi connectivity index (χ4n) is 4.10. The monoisotopic (exact) mass is 484 g/mol. The molecular weight excluding hydrogens is 451 g/mol. The number of hydrogen-bond acceptors (Lipinski definition) is 6. The molecule has 0 radical (unpaired) electrons. The molecule has 0 unspecified atom stereocenters. The van der Waals surface area contributed by atoms with Crippen LogP contribution in [0.1, 0.15) is 16.7 Å². The molecule has 0 aliphatic heterocycles. The van der Waals surface area contributed by atoms with Crippen molar-refractivity contribution in [2.45, 2.75) is 20.8 Å². The molecule has 0 N–H and O–H groups in total. The van der Waals surface area contributed by atoms with Crippen LogP contribution >= 0.6 is 7.92 Å². The van der Waals surface area contributed by atoms with E-state index in [4.69, 9.17) is 28.4 Å². The molecule has 3 aromatic rings. The Kier molecular flexibility index (Phi) is 8.16. The predicted octanol–water partition coefficient (Wildman–Crippen LogP) is 4.42. The first kappa shape index (κ1) is 25.5. The van der Waals surface area contributed by atoms with Gasteiger partial charge in [-0.15, -0.1) is 0 Å². The van der Waals surface area contributed by atoms with Crippen LogP contribution in [-0.2, 0) is 0 Å². The van der Waals surface area contributed by atoms with E-state index in [-0.39, 0.29) is 0 Å². The highest BCUT2D eigenvalue weighted by Gasteiger charge is 2.31. The van der Waals surface area contributed by atoms with Crippen LogP contribution in [0.2, 0.25) is 0 Å². The maximum Gasteiger partial charge on any atom is 0.203 e. The lowest BCUT2D eigenvalue weighted by Crippen LogP contribution is -2.26. The summed E-state index contributed by atoms with van der Waals surface area (Å²) in [7, 11) is 8.61. The van der Waals surface area contributed by atoms with E-state index >= 15 is 0 Å². The third-order valence-corrected chi connectivity index (χ3v) is 8.75. The number of hydrogen-bond donors (Lipinski definition) is 0. The molecule has 0 amide bonds. The molecule has 0 spiro atoms. The van der Waals surface area contributed by atoms with Crippen molar-refractivity contribution in [1.29, 1.82) is 0 Å². The molecule has 0 aromatic heterocycles. The summed E-state index contributed by atoms with van der Waals surface area (Å²) in [5.41, 5.74) is 3.72. The summed E-state index contributed by atoms with van der Waals surface area (Å²) in [5.74, 6) is 3.57. The number of aryl methyl sites for hydroxylation is 1. The molecule has 0 aliphatic carbocycles. The van der Waals surface area contributed by atoms with Crippen molar-refractivity contribution in [2.24, 2.45) is 0 Å². The Balaban J connectivity index is 2.46. The largest absolute Gasteiger partial charge is 0.493 e. The van der Waals surface area contributed by atoms with Crippen LogP contribution in [-0.4, -0.2) is 42.7 Å². The van der Waals surface area contributed by atoms with Crippen LogP contribution in [0, 0.1) is 20.8 Å².